The van der Waals surface area contributed by atoms with E-state index in [9.17, 15) is 13.2 Å². The zero-order valence-corrected chi connectivity index (χ0v) is 12.4. The van der Waals surface area contributed by atoms with Crippen LogP contribution in [0.3, 0.4) is 0 Å². The first-order valence-corrected chi connectivity index (χ1v) is 7.85. The van der Waals surface area contributed by atoms with Gasteiger partial charge in [0.05, 0.1) is 11.1 Å². The van der Waals surface area contributed by atoms with Crippen LogP contribution >= 0.6 is 0 Å². The van der Waals surface area contributed by atoms with E-state index in [0.717, 1.165) is 4.31 Å². The van der Waals surface area contributed by atoms with E-state index >= 15 is 0 Å². The molecule has 22 heavy (non-hydrogen) atoms. The molecule has 3 rings (SSSR count). The molecule has 1 aromatic carbocycles. The van der Waals surface area contributed by atoms with Crippen molar-refractivity contribution >= 4 is 15.9 Å². The van der Waals surface area contributed by atoms with Gasteiger partial charge in [0, 0.05) is 19.4 Å². The fraction of sp³-hybridized carbons (Fsp3) is 0.154. The van der Waals surface area contributed by atoms with Crippen LogP contribution in [0.1, 0.15) is 11.7 Å². The van der Waals surface area contributed by atoms with Crippen LogP contribution in [0.4, 0.5) is 0 Å². The second kappa shape index (κ2) is 5.26. The van der Waals surface area contributed by atoms with Crippen molar-refractivity contribution in [1.29, 1.82) is 0 Å². The second-order valence-electron chi connectivity index (χ2n) is 4.69. The van der Waals surface area contributed by atoms with Crippen molar-refractivity contribution in [2.45, 2.75) is 10.9 Å². The molecule has 1 aliphatic heterocycles. The molecule has 8 nitrogen and oxygen atoms in total. The van der Waals surface area contributed by atoms with Gasteiger partial charge >= 0.3 is 0 Å². The number of likely N-dealkylation sites (N-methyl/N-ethyl adjacent to an activating group) is 1. The Kier molecular flexibility index (Phi) is 3.41. The lowest BCUT2D eigenvalue weighted by Gasteiger charge is -2.33. The molecular formula is C13H13N5O3S. The number of H-pyrrole nitrogens is 1. The number of nitrogens with zero attached hydrogens (tertiary/aromatic N) is 4. The molecule has 9 heteroatoms. The Bertz CT molecular complexity index is 801. The topological polar surface area (TPSA) is 99.3 Å². The molecule has 2 heterocycles. The molecule has 0 spiro atoms. The number of carbonyl (C=O) groups is 1. The van der Waals surface area contributed by atoms with Crippen LogP contribution in [-0.4, -0.2) is 46.0 Å². The van der Waals surface area contributed by atoms with Crippen LogP contribution in [-0.2, 0) is 14.8 Å². The first kappa shape index (κ1) is 14.3. The summed E-state index contributed by atoms with van der Waals surface area (Å²) in [7, 11) is -2.32. The van der Waals surface area contributed by atoms with Crippen molar-refractivity contribution in [1.82, 2.24) is 24.6 Å². The molecule has 1 amide bonds. The quantitative estimate of drug-likeness (QED) is 0.887. The summed E-state index contributed by atoms with van der Waals surface area (Å²) in [5.74, 6) is -0.407. The van der Waals surface area contributed by atoms with Crippen molar-refractivity contribution in [3.63, 3.8) is 0 Å². The number of aromatic nitrogens is 3. The van der Waals surface area contributed by atoms with E-state index in [1.165, 1.54) is 35.6 Å². The summed E-state index contributed by atoms with van der Waals surface area (Å²) in [6, 6.07) is 6.84. The average Bonchev–Trinajstić information content (AvgIpc) is 3.04. The third-order valence-electron chi connectivity index (χ3n) is 3.31. The van der Waals surface area contributed by atoms with E-state index in [1.807, 2.05) is 0 Å². The number of carbonyl (C=O) groups excluding carboxylic acids is 1. The molecular weight excluding hydrogens is 306 g/mol. The van der Waals surface area contributed by atoms with Gasteiger partial charge in [-0.05, 0) is 12.1 Å². The van der Waals surface area contributed by atoms with Crippen molar-refractivity contribution in [2.75, 3.05) is 7.05 Å². The first-order valence-electron chi connectivity index (χ1n) is 6.41. The summed E-state index contributed by atoms with van der Waals surface area (Å²) in [5.41, 5.74) is 0.237. The highest BCUT2D eigenvalue weighted by atomic mass is 32.2. The predicted molar refractivity (Wildman–Crippen MR) is 76.5 cm³/mol. The van der Waals surface area contributed by atoms with Crippen molar-refractivity contribution in [3.8, 4) is 0 Å². The molecule has 1 aromatic heterocycles. The lowest BCUT2D eigenvalue weighted by atomic mass is 10.2. The Hall–Kier alpha value is -2.68. The standard InChI is InChI=1S/C13H13N5O3S/c1-17-7-8-18(12(13(17)19)11-9-14-16-15-11)22(20,21)10-5-3-2-4-6-10/h2-9,12H,1H3,(H,14,15,16). The van der Waals surface area contributed by atoms with Gasteiger partial charge in [-0.25, -0.2) is 8.42 Å². The third kappa shape index (κ3) is 2.25. The largest absolute Gasteiger partial charge is 0.318 e. The van der Waals surface area contributed by atoms with E-state index in [1.54, 1.807) is 25.2 Å². The van der Waals surface area contributed by atoms with Crippen molar-refractivity contribution in [3.05, 3.63) is 54.6 Å². The number of benzene rings is 1. The smallest absolute Gasteiger partial charge is 0.264 e. The average molecular weight is 319 g/mol. The Balaban J connectivity index is 2.11. The van der Waals surface area contributed by atoms with E-state index in [2.05, 4.69) is 15.4 Å². The van der Waals surface area contributed by atoms with E-state index in [-0.39, 0.29) is 10.6 Å². The van der Waals surface area contributed by atoms with Gasteiger partial charge in [-0.1, -0.05) is 18.2 Å². The monoisotopic (exact) mass is 319 g/mol. The van der Waals surface area contributed by atoms with Crippen molar-refractivity contribution in [2.24, 2.45) is 0 Å². The zero-order chi connectivity index (χ0) is 15.7. The minimum atomic E-state index is -3.88. The molecule has 2 aromatic rings. The number of hydrogen-bond donors (Lipinski definition) is 1. The van der Waals surface area contributed by atoms with Gasteiger partial charge in [-0.15, -0.1) is 0 Å². The molecule has 1 aliphatic rings. The number of hydrogen-bond acceptors (Lipinski definition) is 5. The van der Waals surface area contributed by atoms with Gasteiger partial charge in [-0.2, -0.15) is 15.4 Å². The Labute approximate surface area is 127 Å². The Morgan fingerprint density at radius 3 is 2.55 bits per heavy atom. The van der Waals surface area contributed by atoms with Crippen LogP contribution < -0.4 is 0 Å². The summed E-state index contributed by atoms with van der Waals surface area (Å²) in [5, 5.41) is 9.91. The normalized spacial score (nSPS) is 18.8. The molecule has 1 N–H and O–H groups in total. The van der Waals surface area contributed by atoms with Crippen LogP contribution in [0.2, 0.25) is 0 Å². The number of amides is 1. The number of aromatic amines is 1. The molecule has 0 saturated carbocycles. The maximum atomic E-state index is 12.8. The summed E-state index contributed by atoms with van der Waals surface area (Å²) in [4.78, 5) is 13.8. The summed E-state index contributed by atoms with van der Waals surface area (Å²) >= 11 is 0. The highest BCUT2D eigenvalue weighted by molar-refractivity contribution is 7.89. The molecule has 114 valence electrons. The van der Waals surface area contributed by atoms with Crippen LogP contribution in [0, 0.1) is 0 Å². The van der Waals surface area contributed by atoms with E-state index in [4.69, 9.17) is 0 Å². The predicted octanol–water partition coefficient (Wildman–Crippen LogP) is 0.480. The minimum Gasteiger partial charge on any atom is -0.318 e. The first-order chi connectivity index (χ1) is 10.5. The van der Waals surface area contributed by atoms with Gasteiger partial charge in [-0.3, -0.25) is 9.10 Å². The fourth-order valence-corrected chi connectivity index (χ4v) is 3.59. The third-order valence-corrected chi connectivity index (χ3v) is 5.06. The molecule has 1 atom stereocenters. The Morgan fingerprint density at radius 2 is 1.91 bits per heavy atom. The summed E-state index contributed by atoms with van der Waals surface area (Å²) in [6.07, 6.45) is 4.09. The van der Waals surface area contributed by atoms with E-state index < -0.39 is 22.0 Å². The van der Waals surface area contributed by atoms with Crippen molar-refractivity contribution < 1.29 is 13.2 Å². The summed E-state index contributed by atoms with van der Waals surface area (Å²) < 4.78 is 26.6. The SMILES string of the molecule is CN1C=CN(S(=O)(=O)c2ccccc2)C(c2cn[nH]n2)C1=O. The van der Waals surface area contributed by atoms with Crippen LogP contribution in [0.25, 0.3) is 0 Å². The second-order valence-corrected chi connectivity index (χ2v) is 6.54. The van der Waals surface area contributed by atoms with Gasteiger partial charge in [0.2, 0.25) is 0 Å². The molecule has 0 bridgehead atoms. The molecule has 0 fully saturated rings. The number of rotatable bonds is 3. The number of nitrogens with one attached hydrogen (secondary N) is 1. The maximum Gasteiger partial charge on any atom is 0.264 e. The summed E-state index contributed by atoms with van der Waals surface area (Å²) in [6.45, 7) is 0. The number of sulfonamides is 1. The van der Waals surface area contributed by atoms with Crippen LogP contribution in [0.5, 0.6) is 0 Å². The lowest BCUT2D eigenvalue weighted by molar-refractivity contribution is -0.132. The molecule has 0 radical (unpaired) electrons. The van der Waals surface area contributed by atoms with E-state index in [0.29, 0.717) is 0 Å². The molecule has 1 unspecified atom stereocenters. The maximum absolute atomic E-state index is 12.8. The highest BCUT2D eigenvalue weighted by Crippen LogP contribution is 2.30. The lowest BCUT2D eigenvalue weighted by Crippen LogP contribution is -2.44. The van der Waals surface area contributed by atoms with Crippen LogP contribution in [0.15, 0.2) is 53.8 Å². The fourth-order valence-electron chi connectivity index (χ4n) is 2.16. The minimum absolute atomic E-state index is 0.102. The molecule has 0 saturated heterocycles. The Morgan fingerprint density at radius 1 is 1.18 bits per heavy atom. The zero-order valence-electron chi connectivity index (χ0n) is 11.6. The van der Waals surface area contributed by atoms with Gasteiger partial charge in [0.25, 0.3) is 15.9 Å². The van der Waals surface area contributed by atoms with Gasteiger partial charge in [0.15, 0.2) is 6.04 Å². The molecule has 0 aliphatic carbocycles. The van der Waals surface area contributed by atoms with Gasteiger partial charge in [0.1, 0.15) is 5.69 Å². The van der Waals surface area contributed by atoms with Gasteiger partial charge < -0.3 is 4.90 Å². The highest BCUT2D eigenvalue weighted by Gasteiger charge is 2.40.